The smallest absolute Gasteiger partial charge is 0.420 e. The minimum Gasteiger partial charge on any atom is -0.495 e. The van der Waals surface area contributed by atoms with Gasteiger partial charge in [0.05, 0.1) is 17.7 Å². The normalized spacial score (nSPS) is 11.6. The number of hydrogen-bond donors (Lipinski definition) is 1. The fourth-order valence-corrected chi connectivity index (χ4v) is 1.80. The van der Waals surface area contributed by atoms with Gasteiger partial charge in [0.15, 0.2) is 0 Å². The van der Waals surface area contributed by atoms with Gasteiger partial charge in [-0.3, -0.25) is 0 Å². The lowest BCUT2D eigenvalue weighted by molar-refractivity contribution is -0.138. The average Bonchev–Trinajstić information content (AvgIpc) is 2.24. The number of likely N-dealkylation sites (N-methyl/N-ethyl adjacent to an activating group) is 1. The SMILES string of the molecule is CNCCc1cc(Cl)c(OC)c(C(F)(F)F)c1. The highest BCUT2D eigenvalue weighted by Gasteiger charge is 2.35. The predicted molar refractivity (Wildman–Crippen MR) is 60.6 cm³/mol. The fourth-order valence-electron chi connectivity index (χ4n) is 1.48. The summed E-state index contributed by atoms with van der Waals surface area (Å²) in [5, 5.41) is 2.85. The van der Waals surface area contributed by atoms with Gasteiger partial charge in [0.2, 0.25) is 0 Å². The molecule has 1 aromatic carbocycles. The standard InChI is InChI=1S/C11H13ClF3NO/c1-16-4-3-7-5-8(11(13,14)15)10(17-2)9(12)6-7/h5-6,16H,3-4H2,1-2H3. The maximum Gasteiger partial charge on any atom is 0.420 e. The van der Waals surface area contributed by atoms with Crippen LogP contribution in [0.25, 0.3) is 0 Å². The van der Waals surface area contributed by atoms with Gasteiger partial charge in [-0.05, 0) is 37.7 Å². The van der Waals surface area contributed by atoms with Crippen molar-refractivity contribution in [2.24, 2.45) is 0 Å². The van der Waals surface area contributed by atoms with Crippen LogP contribution in [0.2, 0.25) is 5.02 Å². The lowest BCUT2D eigenvalue weighted by Crippen LogP contribution is -2.12. The number of hydrogen-bond acceptors (Lipinski definition) is 2. The molecule has 1 N–H and O–H groups in total. The first-order valence-electron chi connectivity index (χ1n) is 4.98. The van der Waals surface area contributed by atoms with Crippen molar-refractivity contribution in [2.45, 2.75) is 12.6 Å². The molecule has 17 heavy (non-hydrogen) atoms. The Labute approximate surface area is 103 Å². The molecule has 0 aliphatic rings. The maximum atomic E-state index is 12.8. The van der Waals surface area contributed by atoms with E-state index in [-0.39, 0.29) is 10.8 Å². The molecule has 0 unspecified atom stereocenters. The van der Waals surface area contributed by atoms with E-state index in [9.17, 15) is 13.2 Å². The minimum absolute atomic E-state index is 0.0200. The van der Waals surface area contributed by atoms with Gasteiger partial charge in [-0.2, -0.15) is 13.2 Å². The first-order chi connectivity index (χ1) is 7.90. The van der Waals surface area contributed by atoms with Crippen molar-refractivity contribution in [1.82, 2.24) is 5.32 Å². The second kappa shape index (κ2) is 5.60. The van der Waals surface area contributed by atoms with Crippen LogP contribution >= 0.6 is 11.6 Å². The fraction of sp³-hybridized carbons (Fsp3) is 0.455. The molecule has 96 valence electrons. The summed E-state index contributed by atoms with van der Waals surface area (Å²) in [5.74, 6) is -0.327. The summed E-state index contributed by atoms with van der Waals surface area (Å²) in [6.07, 6.45) is -3.99. The van der Waals surface area contributed by atoms with Crippen molar-refractivity contribution in [3.05, 3.63) is 28.3 Å². The zero-order valence-electron chi connectivity index (χ0n) is 9.49. The largest absolute Gasteiger partial charge is 0.495 e. The molecule has 6 heteroatoms. The highest BCUT2D eigenvalue weighted by Crippen LogP contribution is 2.40. The summed E-state index contributed by atoms with van der Waals surface area (Å²) < 4.78 is 43.0. The van der Waals surface area contributed by atoms with Crippen molar-refractivity contribution in [3.8, 4) is 5.75 Å². The van der Waals surface area contributed by atoms with Gasteiger partial charge >= 0.3 is 6.18 Å². The number of halogens is 4. The molecule has 0 aliphatic heterocycles. The molecule has 0 atom stereocenters. The molecule has 0 radical (unpaired) electrons. The summed E-state index contributed by atoms with van der Waals surface area (Å²) in [4.78, 5) is 0. The number of alkyl halides is 3. The molecule has 0 saturated heterocycles. The third kappa shape index (κ3) is 3.51. The van der Waals surface area contributed by atoms with Gasteiger partial charge in [0.1, 0.15) is 5.75 Å². The summed E-state index contributed by atoms with van der Waals surface area (Å²) in [7, 11) is 2.90. The Morgan fingerprint density at radius 3 is 2.47 bits per heavy atom. The topological polar surface area (TPSA) is 21.3 Å². The summed E-state index contributed by atoms with van der Waals surface area (Å²) in [5.41, 5.74) is -0.309. The van der Waals surface area contributed by atoms with Crippen molar-refractivity contribution in [1.29, 1.82) is 0 Å². The van der Waals surface area contributed by atoms with Crippen LogP contribution < -0.4 is 10.1 Å². The van der Waals surface area contributed by atoms with E-state index < -0.39 is 11.7 Å². The summed E-state index contributed by atoms with van der Waals surface area (Å²) in [6, 6.07) is 2.56. The second-order valence-corrected chi connectivity index (χ2v) is 3.92. The van der Waals surface area contributed by atoms with Crippen LogP contribution in [0.3, 0.4) is 0 Å². The van der Waals surface area contributed by atoms with Crippen LogP contribution in [0.1, 0.15) is 11.1 Å². The number of nitrogens with one attached hydrogen (secondary N) is 1. The number of benzene rings is 1. The predicted octanol–water partition coefficient (Wildman–Crippen LogP) is 3.13. The van der Waals surface area contributed by atoms with E-state index >= 15 is 0 Å². The van der Waals surface area contributed by atoms with Gasteiger partial charge in [-0.1, -0.05) is 11.6 Å². The van der Waals surface area contributed by atoms with Gasteiger partial charge in [0, 0.05) is 0 Å². The summed E-state index contributed by atoms with van der Waals surface area (Å²) >= 11 is 5.77. The van der Waals surface area contributed by atoms with E-state index in [2.05, 4.69) is 5.32 Å². The van der Waals surface area contributed by atoms with Gasteiger partial charge < -0.3 is 10.1 Å². The van der Waals surface area contributed by atoms with Gasteiger partial charge in [0.25, 0.3) is 0 Å². The Morgan fingerprint density at radius 1 is 1.35 bits per heavy atom. The molecule has 0 amide bonds. The first kappa shape index (κ1) is 14.1. The number of methoxy groups -OCH3 is 1. The average molecular weight is 268 g/mol. The molecule has 0 saturated carbocycles. The monoisotopic (exact) mass is 267 g/mol. The lowest BCUT2D eigenvalue weighted by Gasteiger charge is -2.15. The van der Waals surface area contributed by atoms with Crippen LogP contribution in [0.15, 0.2) is 12.1 Å². The maximum absolute atomic E-state index is 12.8. The van der Waals surface area contributed by atoms with Crippen molar-refractivity contribution < 1.29 is 17.9 Å². The molecular formula is C11H13ClF3NO. The third-order valence-electron chi connectivity index (χ3n) is 2.28. The van der Waals surface area contributed by atoms with Crippen LogP contribution in [-0.4, -0.2) is 20.7 Å². The van der Waals surface area contributed by atoms with Gasteiger partial charge in [-0.25, -0.2) is 0 Å². The van der Waals surface area contributed by atoms with Crippen molar-refractivity contribution >= 4 is 11.6 Å². The van der Waals surface area contributed by atoms with E-state index in [0.717, 1.165) is 6.07 Å². The van der Waals surface area contributed by atoms with Crippen LogP contribution in [-0.2, 0) is 12.6 Å². The molecule has 1 aromatic rings. The molecular weight excluding hydrogens is 255 g/mol. The third-order valence-corrected chi connectivity index (χ3v) is 2.56. The number of rotatable bonds is 4. The number of ether oxygens (including phenoxy) is 1. The quantitative estimate of drug-likeness (QED) is 0.905. The van der Waals surface area contributed by atoms with E-state index in [1.165, 1.54) is 13.2 Å². The van der Waals surface area contributed by atoms with E-state index in [0.29, 0.717) is 18.5 Å². The van der Waals surface area contributed by atoms with E-state index in [1.807, 2.05) is 0 Å². The van der Waals surface area contributed by atoms with Crippen molar-refractivity contribution in [3.63, 3.8) is 0 Å². The minimum atomic E-state index is -4.47. The Bertz CT molecular complexity index is 393. The van der Waals surface area contributed by atoms with Crippen LogP contribution in [0.4, 0.5) is 13.2 Å². The Balaban J connectivity index is 3.19. The molecule has 0 bridgehead atoms. The second-order valence-electron chi connectivity index (χ2n) is 3.51. The van der Waals surface area contributed by atoms with Crippen molar-refractivity contribution in [2.75, 3.05) is 20.7 Å². The van der Waals surface area contributed by atoms with Crippen LogP contribution in [0.5, 0.6) is 5.75 Å². The Hall–Kier alpha value is -0.940. The molecule has 2 nitrogen and oxygen atoms in total. The molecule has 1 rings (SSSR count). The molecule has 0 aliphatic carbocycles. The zero-order chi connectivity index (χ0) is 13.1. The molecule has 0 fully saturated rings. The highest BCUT2D eigenvalue weighted by molar-refractivity contribution is 6.32. The summed E-state index contributed by atoms with van der Waals surface area (Å²) in [6.45, 7) is 0.583. The molecule has 0 heterocycles. The van der Waals surface area contributed by atoms with E-state index in [1.54, 1.807) is 7.05 Å². The van der Waals surface area contributed by atoms with Crippen LogP contribution in [0, 0.1) is 0 Å². The Kier molecular flexibility index (Phi) is 4.65. The van der Waals surface area contributed by atoms with E-state index in [4.69, 9.17) is 16.3 Å². The highest BCUT2D eigenvalue weighted by atomic mass is 35.5. The zero-order valence-corrected chi connectivity index (χ0v) is 10.2. The first-order valence-corrected chi connectivity index (χ1v) is 5.36. The molecule has 0 spiro atoms. The lowest BCUT2D eigenvalue weighted by atomic mass is 10.1. The van der Waals surface area contributed by atoms with Gasteiger partial charge in [-0.15, -0.1) is 0 Å². The Morgan fingerprint density at radius 2 is 2.00 bits per heavy atom. The molecule has 0 aromatic heterocycles.